The molecule has 3 aromatic rings. The third kappa shape index (κ3) is 4.45. The predicted octanol–water partition coefficient (Wildman–Crippen LogP) is 4.30. The maximum atomic E-state index is 12.8. The highest BCUT2D eigenvalue weighted by atomic mass is 35.5. The van der Waals surface area contributed by atoms with Gasteiger partial charge in [-0.25, -0.2) is 0 Å². The zero-order valence-electron chi connectivity index (χ0n) is 17.5. The summed E-state index contributed by atoms with van der Waals surface area (Å²) in [6.45, 7) is 8.06. The van der Waals surface area contributed by atoms with E-state index in [0.717, 1.165) is 48.6 Å². The van der Waals surface area contributed by atoms with Crippen molar-refractivity contribution in [2.45, 2.75) is 39.7 Å². The molecule has 0 bridgehead atoms. The zero-order valence-corrected chi connectivity index (χ0v) is 18.3. The van der Waals surface area contributed by atoms with Gasteiger partial charge in [-0.1, -0.05) is 6.07 Å². The van der Waals surface area contributed by atoms with Crippen molar-refractivity contribution in [3.8, 4) is 0 Å². The summed E-state index contributed by atoms with van der Waals surface area (Å²) >= 11 is 0. The lowest BCUT2D eigenvalue weighted by Crippen LogP contribution is -2.36. The molecule has 1 atom stereocenters. The van der Waals surface area contributed by atoms with Gasteiger partial charge in [-0.15, -0.1) is 12.4 Å². The van der Waals surface area contributed by atoms with E-state index in [-0.39, 0.29) is 29.6 Å². The third-order valence-electron chi connectivity index (χ3n) is 5.51. The van der Waals surface area contributed by atoms with Crippen LogP contribution in [0.5, 0.6) is 0 Å². The Morgan fingerprint density at radius 1 is 1.10 bits per heavy atom. The van der Waals surface area contributed by atoms with Crippen LogP contribution in [0.4, 0.5) is 0 Å². The van der Waals surface area contributed by atoms with Crippen LogP contribution in [-0.2, 0) is 0 Å². The molecule has 6 nitrogen and oxygen atoms in total. The van der Waals surface area contributed by atoms with Crippen molar-refractivity contribution < 1.29 is 13.6 Å². The number of fused-ring (bicyclic) bond motifs is 1. The molecule has 4 rings (SSSR count). The monoisotopic (exact) mass is 430 g/mol. The lowest BCUT2D eigenvalue weighted by molar-refractivity contribution is 0.0906. The minimum Gasteiger partial charge on any atom is -0.465 e. The summed E-state index contributed by atoms with van der Waals surface area (Å²) in [7, 11) is 0. The highest BCUT2D eigenvalue weighted by Gasteiger charge is 2.27. The van der Waals surface area contributed by atoms with E-state index in [1.165, 1.54) is 6.07 Å². The molecule has 1 unspecified atom stereocenters. The topological polar surface area (TPSA) is 75.7 Å². The van der Waals surface area contributed by atoms with Crippen LogP contribution in [-0.4, -0.2) is 30.4 Å². The summed E-state index contributed by atoms with van der Waals surface area (Å²) < 4.78 is 11.6. The molecule has 1 aliphatic heterocycles. The molecular formula is C23H27ClN2O4. The van der Waals surface area contributed by atoms with Crippen LogP contribution in [0.1, 0.15) is 52.1 Å². The molecule has 1 aliphatic rings. The van der Waals surface area contributed by atoms with Gasteiger partial charge in [0.15, 0.2) is 11.2 Å². The van der Waals surface area contributed by atoms with Crippen molar-refractivity contribution in [2.24, 2.45) is 0 Å². The average Bonchev–Trinajstić information content (AvgIpc) is 3.35. The number of hydrogen-bond acceptors (Lipinski definition) is 5. The fourth-order valence-electron chi connectivity index (χ4n) is 4.09. The lowest BCUT2D eigenvalue weighted by Gasteiger charge is -2.26. The van der Waals surface area contributed by atoms with Gasteiger partial charge in [-0.05, 0) is 76.0 Å². The van der Waals surface area contributed by atoms with Crippen LogP contribution in [0.15, 0.2) is 44.0 Å². The van der Waals surface area contributed by atoms with Gasteiger partial charge >= 0.3 is 0 Å². The van der Waals surface area contributed by atoms with Crippen molar-refractivity contribution in [1.29, 1.82) is 0 Å². The molecule has 0 radical (unpaired) electrons. The molecule has 2 aromatic heterocycles. The zero-order chi connectivity index (χ0) is 20.5. The number of carbonyl (C=O) groups excluding carboxylic acids is 1. The number of furan rings is 1. The van der Waals surface area contributed by atoms with Gasteiger partial charge in [-0.2, -0.15) is 0 Å². The molecular weight excluding hydrogens is 404 g/mol. The van der Waals surface area contributed by atoms with Crippen molar-refractivity contribution in [3.63, 3.8) is 0 Å². The van der Waals surface area contributed by atoms with Crippen molar-refractivity contribution in [3.05, 3.63) is 69.0 Å². The highest BCUT2D eigenvalue weighted by molar-refractivity contribution is 5.93. The second-order valence-electron chi connectivity index (χ2n) is 7.85. The number of likely N-dealkylation sites (tertiary alicyclic amines) is 1. The smallest absolute Gasteiger partial charge is 0.287 e. The molecule has 0 spiro atoms. The number of aryl methyl sites for hydroxylation is 3. The van der Waals surface area contributed by atoms with Gasteiger partial charge in [0, 0.05) is 12.6 Å². The Hall–Kier alpha value is -2.57. The average molecular weight is 431 g/mol. The summed E-state index contributed by atoms with van der Waals surface area (Å²) in [5.74, 6) is 1.33. The van der Waals surface area contributed by atoms with E-state index in [0.29, 0.717) is 17.5 Å². The van der Waals surface area contributed by atoms with Crippen LogP contribution in [0, 0.1) is 20.8 Å². The first-order chi connectivity index (χ1) is 13.9. The number of rotatable bonds is 5. The first-order valence-electron chi connectivity index (χ1n) is 10.1. The normalized spacial score (nSPS) is 15.2. The van der Waals surface area contributed by atoms with Crippen LogP contribution in [0.3, 0.4) is 0 Å². The standard InChI is InChI=1S/C23H26N2O4.ClH/c1-14-10-15(2)22-17(11-14)19(26)12-21(29-22)23(27)24-13-18(25-8-4-5-9-25)20-7-6-16(3)28-20;/h6-7,10-12,18H,4-5,8-9,13H2,1-3H3,(H,24,27);1H. The maximum absolute atomic E-state index is 12.8. The number of nitrogens with zero attached hydrogens (tertiary/aromatic N) is 1. The first kappa shape index (κ1) is 22.1. The molecule has 1 saturated heterocycles. The number of benzene rings is 1. The SMILES string of the molecule is Cc1cc(C)c2oc(C(=O)NCC(c3ccc(C)o3)N3CCCC3)cc(=O)c2c1.Cl. The maximum Gasteiger partial charge on any atom is 0.287 e. The number of carbonyl (C=O) groups is 1. The number of amides is 1. The van der Waals surface area contributed by atoms with E-state index in [1.807, 2.05) is 39.0 Å². The lowest BCUT2D eigenvalue weighted by atomic mass is 10.1. The largest absolute Gasteiger partial charge is 0.465 e. The molecule has 1 amide bonds. The molecule has 7 heteroatoms. The minimum atomic E-state index is -0.392. The summed E-state index contributed by atoms with van der Waals surface area (Å²) in [4.78, 5) is 27.6. The second kappa shape index (κ2) is 9.06. The van der Waals surface area contributed by atoms with Crippen LogP contribution in [0.2, 0.25) is 0 Å². The first-order valence-corrected chi connectivity index (χ1v) is 10.1. The van der Waals surface area contributed by atoms with E-state index in [2.05, 4.69) is 10.2 Å². The predicted molar refractivity (Wildman–Crippen MR) is 119 cm³/mol. The van der Waals surface area contributed by atoms with Gasteiger partial charge < -0.3 is 14.2 Å². The van der Waals surface area contributed by atoms with Crippen LogP contribution < -0.4 is 10.7 Å². The number of halogens is 1. The molecule has 3 heterocycles. The second-order valence-corrected chi connectivity index (χ2v) is 7.85. The molecule has 1 aromatic carbocycles. The van der Waals surface area contributed by atoms with Crippen LogP contribution >= 0.6 is 12.4 Å². The molecule has 160 valence electrons. The number of nitrogens with one attached hydrogen (secondary N) is 1. The van der Waals surface area contributed by atoms with E-state index in [4.69, 9.17) is 8.83 Å². The Labute approximate surface area is 181 Å². The molecule has 1 N–H and O–H groups in total. The minimum absolute atomic E-state index is 0. The Bertz CT molecular complexity index is 1110. The molecule has 1 fully saturated rings. The molecule has 30 heavy (non-hydrogen) atoms. The Morgan fingerprint density at radius 2 is 1.83 bits per heavy atom. The van der Waals surface area contributed by atoms with Crippen molar-refractivity contribution >= 4 is 29.3 Å². The Kier molecular flexibility index (Phi) is 6.68. The van der Waals surface area contributed by atoms with Gasteiger partial charge in [0.2, 0.25) is 0 Å². The summed E-state index contributed by atoms with van der Waals surface area (Å²) in [6, 6.07) is 8.87. The van der Waals surface area contributed by atoms with Gasteiger partial charge in [-0.3, -0.25) is 14.5 Å². The Morgan fingerprint density at radius 3 is 2.50 bits per heavy atom. The van der Waals surface area contributed by atoms with Gasteiger partial charge in [0.25, 0.3) is 5.91 Å². The third-order valence-corrected chi connectivity index (χ3v) is 5.51. The van der Waals surface area contributed by atoms with E-state index >= 15 is 0 Å². The Balaban J connectivity index is 0.00000256. The van der Waals surface area contributed by atoms with E-state index in [1.54, 1.807) is 6.07 Å². The summed E-state index contributed by atoms with van der Waals surface area (Å²) in [5.41, 5.74) is 2.08. The van der Waals surface area contributed by atoms with Crippen LogP contribution in [0.25, 0.3) is 11.0 Å². The summed E-state index contributed by atoms with van der Waals surface area (Å²) in [5, 5.41) is 3.43. The van der Waals surface area contributed by atoms with Gasteiger partial charge in [0.1, 0.15) is 17.1 Å². The fourth-order valence-corrected chi connectivity index (χ4v) is 4.09. The van der Waals surface area contributed by atoms with E-state index < -0.39 is 5.91 Å². The quantitative estimate of drug-likeness (QED) is 0.653. The number of hydrogen-bond donors (Lipinski definition) is 1. The van der Waals surface area contributed by atoms with E-state index in [9.17, 15) is 9.59 Å². The van der Waals surface area contributed by atoms with Crippen molar-refractivity contribution in [1.82, 2.24) is 10.2 Å². The van der Waals surface area contributed by atoms with Gasteiger partial charge in [0.05, 0.1) is 11.4 Å². The molecule has 0 aliphatic carbocycles. The molecule has 0 saturated carbocycles. The highest BCUT2D eigenvalue weighted by Crippen LogP contribution is 2.26. The van der Waals surface area contributed by atoms with Crippen molar-refractivity contribution in [2.75, 3.05) is 19.6 Å². The fraction of sp³-hybridized carbons (Fsp3) is 0.391. The summed E-state index contributed by atoms with van der Waals surface area (Å²) in [6.07, 6.45) is 2.28.